The van der Waals surface area contributed by atoms with E-state index in [-0.39, 0.29) is 31.3 Å². The van der Waals surface area contributed by atoms with Crippen LogP contribution in [0.5, 0.6) is 0 Å². The van der Waals surface area contributed by atoms with Crippen LogP contribution in [0.4, 0.5) is 13.2 Å². The number of alkyl halides is 3. The number of thioether (sulfide) groups is 1. The molecule has 2 rings (SSSR count). The van der Waals surface area contributed by atoms with Gasteiger partial charge in [0.05, 0.1) is 12.3 Å². The molecule has 0 aromatic carbocycles. The molecule has 20 heavy (non-hydrogen) atoms. The Balaban J connectivity index is 2.02. The van der Waals surface area contributed by atoms with Crippen LogP contribution in [0.25, 0.3) is 0 Å². The van der Waals surface area contributed by atoms with Crippen molar-refractivity contribution in [3.63, 3.8) is 0 Å². The van der Waals surface area contributed by atoms with Gasteiger partial charge in [-0.25, -0.2) is 0 Å². The van der Waals surface area contributed by atoms with Crippen molar-refractivity contribution in [2.24, 2.45) is 5.92 Å². The van der Waals surface area contributed by atoms with Crippen LogP contribution in [-0.4, -0.2) is 52.3 Å². The van der Waals surface area contributed by atoms with Gasteiger partial charge >= 0.3 is 12.1 Å². The number of halogens is 3. The zero-order chi connectivity index (χ0) is 14.8. The Morgan fingerprint density at radius 3 is 2.75 bits per heavy atom. The monoisotopic (exact) mass is 311 g/mol. The van der Waals surface area contributed by atoms with Gasteiger partial charge in [-0.3, -0.25) is 9.69 Å². The molecule has 0 bridgehead atoms. The van der Waals surface area contributed by atoms with Crippen LogP contribution in [0.1, 0.15) is 32.1 Å². The summed E-state index contributed by atoms with van der Waals surface area (Å²) in [6, 6.07) is -0.233. The molecule has 0 aromatic rings. The summed E-state index contributed by atoms with van der Waals surface area (Å²) < 4.78 is 38.6. The lowest BCUT2D eigenvalue weighted by Gasteiger charge is -2.44. The molecule has 1 aliphatic heterocycles. The van der Waals surface area contributed by atoms with Gasteiger partial charge < -0.3 is 5.11 Å². The molecule has 1 saturated heterocycles. The summed E-state index contributed by atoms with van der Waals surface area (Å²) in [6.07, 6.45) is -2.41. The predicted molar refractivity (Wildman–Crippen MR) is 71.9 cm³/mol. The Labute approximate surface area is 120 Å². The lowest BCUT2D eigenvalue weighted by Crippen LogP contribution is -2.51. The first-order valence-corrected chi connectivity index (χ1v) is 8.15. The number of hydrogen-bond acceptors (Lipinski definition) is 3. The molecular weight excluding hydrogens is 291 g/mol. The second-order valence-electron chi connectivity index (χ2n) is 5.62. The Morgan fingerprint density at radius 1 is 1.35 bits per heavy atom. The maximum Gasteiger partial charge on any atom is 0.391 e. The van der Waals surface area contributed by atoms with Crippen LogP contribution in [0.2, 0.25) is 0 Å². The Kier molecular flexibility index (Phi) is 5.23. The third-order valence-electron chi connectivity index (χ3n) is 4.26. The average molecular weight is 311 g/mol. The van der Waals surface area contributed by atoms with Gasteiger partial charge in [-0.2, -0.15) is 24.9 Å². The third-order valence-corrected chi connectivity index (χ3v) is 5.35. The summed E-state index contributed by atoms with van der Waals surface area (Å²) in [4.78, 5) is 12.9. The van der Waals surface area contributed by atoms with Gasteiger partial charge in [0.1, 0.15) is 0 Å². The second-order valence-corrected chi connectivity index (χ2v) is 6.77. The average Bonchev–Trinajstić information content (AvgIpc) is 2.38. The maximum atomic E-state index is 12.9. The molecule has 3 nitrogen and oxygen atoms in total. The van der Waals surface area contributed by atoms with Gasteiger partial charge in [0.15, 0.2) is 0 Å². The normalized spacial score (nSPS) is 33.0. The molecule has 0 amide bonds. The van der Waals surface area contributed by atoms with Gasteiger partial charge in [-0.15, -0.1) is 0 Å². The highest BCUT2D eigenvalue weighted by molar-refractivity contribution is 7.99. The van der Waals surface area contributed by atoms with Gasteiger partial charge in [0, 0.05) is 30.1 Å². The molecule has 2 fully saturated rings. The molecule has 0 aromatic heterocycles. The maximum absolute atomic E-state index is 12.9. The van der Waals surface area contributed by atoms with E-state index in [4.69, 9.17) is 5.11 Å². The van der Waals surface area contributed by atoms with E-state index in [0.29, 0.717) is 18.7 Å². The molecule has 7 heteroatoms. The Morgan fingerprint density at radius 2 is 2.10 bits per heavy atom. The van der Waals surface area contributed by atoms with E-state index in [2.05, 4.69) is 0 Å². The summed E-state index contributed by atoms with van der Waals surface area (Å²) in [5, 5.41) is 8.95. The predicted octanol–water partition coefficient (Wildman–Crippen LogP) is 3.00. The molecule has 1 N–H and O–H groups in total. The smallest absolute Gasteiger partial charge is 0.391 e. The molecule has 3 unspecified atom stereocenters. The summed E-state index contributed by atoms with van der Waals surface area (Å²) in [7, 11) is 0. The zero-order valence-corrected chi connectivity index (χ0v) is 12.1. The standard InChI is InChI=1S/C13H20F3NO2S/c14-13(15,16)9-2-1-3-10(6-9)17-4-5-20-8-11(17)7-12(18)19/h9-11H,1-8H2,(H,18,19). The van der Waals surface area contributed by atoms with Gasteiger partial charge in [0.25, 0.3) is 0 Å². The minimum Gasteiger partial charge on any atom is -0.481 e. The Hall–Kier alpha value is -0.430. The van der Waals surface area contributed by atoms with E-state index in [1.54, 1.807) is 11.8 Å². The SMILES string of the molecule is O=C(O)CC1CSCCN1C1CCCC(C(F)(F)F)C1. The van der Waals surface area contributed by atoms with Crippen LogP contribution in [0.3, 0.4) is 0 Å². The van der Waals surface area contributed by atoms with Gasteiger partial charge in [-0.05, 0) is 19.3 Å². The number of carboxylic acid groups (broad SMARTS) is 1. The first-order valence-electron chi connectivity index (χ1n) is 7.00. The highest BCUT2D eigenvalue weighted by Crippen LogP contribution is 2.40. The van der Waals surface area contributed by atoms with E-state index in [9.17, 15) is 18.0 Å². The summed E-state index contributed by atoms with van der Waals surface area (Å²) in [6.45, 7) is 0.706. The van der Waals surface area contributed by atoms with Crippen LogP contribution in [0, 0.1) is 5.92 Å². The summed E-state index contributed by atoms with van der Waals surface area (Å²) in [5.41, 5.74) is 0. The molecule has 116 valence electrons. The summed E-state index contributed by atoms with van der Waals surface area (Å²) in [5.74, 6) is -0.505. The van der Waals surface area contributed by atoms with Crippen molar-refractivity contribution in [3.8, 4) is 0 Å². The van der Waals surface area contributed by atoms with Crippen LogP contribution < -0.4 is 0 Å². The molecule has 2 aliphatic rings. The highest BCUT2D eigenvalue weighted by atomic mass is 32.2. The largest absolute Gasteiger partial charge is 0.481 e. The number of rotatable bonds is 3. The number of carbonyl (C=O) groups is 1. The van der Waals surface area contributed by atoms with Crippen LogP contribution in [-0.2, 0) is 4.79 Å². The van der Waals surface area contributed by atoms with E-state index >= 15 is 0 Å². The van der Waals surface area contributed by atoms with Crippen LogP contribution in [0.15, 0.2) is 0 Å². The minimum atomic E-state index is -4.12. The lowest BCUT2D eigenvalue weighted by atomic mass is 9.84. The van der Waals surface area contributed by atoms with Crippen LogP contribution >= 0.6 is 11.8 Å². The van der Waals surface area contributed by atoms with Crippen molar-refractivity contribution in [2.45, 2.75) is 50.4 Å². The topological polar surface area (TPSA) is 40.5 Å². The van der Waals surface area contributed by atoms with Crippen molar-refractivity contribution in [1.29, 1.82) is 0 Å². The first-order chi connectivity index (χ1) is 9.38. The van der Waals surface area contributed by atoms with E-state index < -0.39 is 18.1 Å². The molecule has 1 aliphatic carbocycles. The van der Waals surface area contributed by atoms with Crippen molar-refractivity contribution >= 4 is 17.7 Å². The summed E-state index contributed by atoms with van der Waals surface area (Å²) >= 11 is 1.69. The quantitative estimate of drug-likeness (QED) is 0.870. The fraction of sp³-hybridized carbons (Fsp3) is 0.923. The molecule has 1 heterocycles. The Bertz CT molecular complexity index is 351. The fourth-order valence-electron chi connectivity index (χ4n) is 3.29. The van der Waals surface area contributed by atoms with Crippen molar-refractivity contribution in [2.75, 3.05) is 18.1 Å². The van der Waals surface area contributed by atoms with E-state index in [0.717, 1.165) is 12.2 Å². The number of aliphatic carboxylic acids is 1. The van der Waals surface area contributed by atoms with E-state index in [1.807, 2.05) is 4.90 Å². The molecule has 3 atom stereocenters. The number of hydrogen-bond donors (Lipinski definition) is 1. The van der Waals surface area contributed by atoms with Crippen molar-refractivity contribution in [3.05, 3.63) is 0 Å². The molecule has 0 radical (unpaired) electrons. The van der Waals surface area contributed by atoms with Crippen molar-refractivity contribution in [1.82, 2.24) is 4.90 Å². The lowest BCUT2D eigenvalue weighted by molar-refractivity contribution is -0.187. The number of carboxylic acids is 1. The van der Waals surface area contributed by atoms with E-state index in [1.165, 1.54) is 0 Å². The molecule has 1 saturated carbocycles. The molecule has 0 spiro atoms. The van der Waals surface area contributed by atoms with Gasteiger partial charge in [0.2, 0.25) is 0 Å². The fourth-order valence-corrected chi connectivity index (χ4v) is 4.38. The van der Waals surface area contributed by atoms with Crippen molar-refractivity contribution < 1.29 is 23.1 Å². The van der Waals surface area contributed by atoms with Gasteiger partial charge in [-0.1, -0.05) is 6.42 Å². The zero-order valence-electron chi connectivity index (χ0n) is 11.2. The minimum absolute atomic E-state index is 0.0280. The third kappa shape index (κ3) is 4.04. The highest BCUT2D eigenvalue weighted by Gasteiger charge is 2.44. The second kappa shape index (κ2) is 6.56. The first kappa shape index (κ1) is 15.9. The molecular formula is C13H20F3NO2S. The number of nitrogens with zero attached hydrogens (tertiary/aromatic N) is 1.